The van der Waals surface area contributed by atoms with Crippen molar-refractivity contribution in [2.75, 3.05) is 0 Å². The number of hydrogen-bond acceptors (Lipinski definition) is 4. The Balaban J connectivity index is 1.48. The molecule has 3 aromatic carbocycles. The van der Waals surface area contributed by atoms with Crippen LogP contribution in [0.5, 0.6) is 5.75 Å². The first-order valence-corrected chi connectivity index (χ1v) is 9.89. The third-order valence-electron chi connectivity index (χ3n) is 4.38. The van der Waals surface area contributed by atoms with Crippen LogP contribution >= 0.6 is 11.6 Å². The fourth-order valence-corrected chi connectivity index (χ4v) is 2.89. The smallest absolute Gasteiger partial charge is 0.347 e. The maximum atomic E-state index is 12.3. The molecule has 0 heterocycles. The molecule has 0 aliphatic heterocycles. The lowest BCUT2D eigenvalue weighted by molar-refractivity contribution is -0.152. The van der Waals surface area contributed by atoms with Gasteiger partial charge in [-0.1, -0.05) is 60.1 Å². The lowest BCUT2D eigenvalue weighted by Crippen LogP contribution is -2.26. The summed E-state index contributed by atoms with van der Waals surface area (Å²) >= 11 is 6.06. The predicted molar refractivity (Wildman–Crippen MR) is 115 cm³/mol. The van der Waals surface area contributed by atoms with Crippen LogP contribution in [-0.2, 0) is 22.7 Å². The second-order valence-corrected chi connectivity index (χ2v) is 7.06. The Morgan fingerprint density at radius 3 is 2.30 bits per heavy atom. The van der Waals surface area contributed by atoms with Crippen LogP contribution < -0.4 is 10.1 Å². The van der Waals surface area contributed by atoms with Crippen molar-refractivity contribution in [3.63, 3.8) is 0 Å². The van der Waals surface area contributed by atoms with E-state index < -0.39 is 12.1 Å². The second kappa shape index (κ2) is 10.5. The zero-order valence-electron chi connectivity index (χ0n) is 16.5. The van der Waals surface area contributed by atoms with Gasteiger partial charge in [-0.3, -0.25) is 4.79 Å². The largest absolute Gasteiger partial charge is 0.479 e. The molecule has 154 valence electrons. The fraction of sp³-hybridized carbons (Fsp3) is 0.167. The highest BCUT2D eigenvalue weighted by atomic mass is 35.5. The van der Waals surface area contributed by atoms with Gasteiger partial charge in [0.2, 0.25) is 0 Å². The minimum atomic E-state index is -0.801. The standard InChI is InChI=1S/C24H22ClNO4/c1-17(24(28)29-16-20-9-5-6-10-22(20)25)30-21-13-11-19(12-14-21)23(27)26-15-18-7-3-2-4-8-18/h2-14,17H,15-16H2,1H3,(H,26,27). The second-order valence-electron chi connectivity index (χ2n) is 6.65. The Bertz CT molecular complexity index is 990. The lowest BCUT2D eigenvalue weighted by atomic mass is 10.2. The van der Waals surface area contributed by atoms with Gasteiger partial charge in [0.25, 0.3) is 5.91 Å². The van der Waals surface area contributed by atoms with E-state index in [1.165, 1.54) is 0 Å². The summed E-state index contributed by atoms with van der Waals surface area (Å²) in [4.78, 5) is 24.4. The van der Waals surface area contributed by atoms with Crippen LogP contribution in [0.1, 0.15) is 28.4 Å². The van der Waals surface area contributed by atoms with Gasteiger partial charge in [-0.25, -0.2) is 4.79 Å². The number of halogens is 1. The van der Waals surface area contributed by atoms with E-state index in [1.54, 1.807) is 43.3 Å². The van der Waals surface area contributed by atoms with Crippen LogP contribution in [0.4, 0.5) is 0 Å². The quantitative estimate of drug-likeness (QED) is 0.529. The minimum absolute atomic E-state index is 0.0761. The summed E-state index contributed by atoms with van der Waals surface area (Å²) in [5.41, 5.74) is 2.26. The van der Waals surface area contributed by atoms with Gasteiger partial charge in [0.1, 0.15) is 12.4 Å². The van der Waals surface area contributed by atoms with E-state index in [9.17, 15) is 9.59 Å². The van der Waals surface area contributed by atoms with Crippen molar-refractivity contribution in [1.82, 2.24) is 5.32 Å². The van der Waals surface area contributed by atoms with Gasteiger partial charge in [0, 0.05) is 22.7 Å². The minimum Gasteiger partial charge on any atom is -0.479 e. The van der Waals surface area contributed by atoms with Crippen LogP contribution in [-0.4, -0.2) is 18.0 Å². The zero-order chi connectivity index (χ0) is 21.3. The lowest BCUT2D eigenvalue weighted by Gasteiger charge is -2.14. The summed E-state index contributed by atoms with van der Waals surface area (Å²) in [6, 6.07) is 23.4. The van der Waals surface area contributed by atoms with Crippen LogP contribution in [0.25, 0.3) is 0 Å². The van der Waals surface area contributed by atoms with Crippen molar-refractivity contribution in [3.8, 4) is 5.75 Å². The van der Waals surface area contributed by atoms with Crippen molar-refractivity contribution in [2.45, 2.75) is 26.2 Å². The van der Waals surface area contributed by atoms with Gasteiger partial charge in [0.15, 0.2) is 6.10 Å². The molecule has 5 nitrogen and oxygen atoms in total. The third kappa shape index (κ3) is 6.09. The van der Waals surface area contributed by atoms with Crippen LogP contribution in [0.15, 0.2) is 78.9 Å². The fourth-order valence-electron chi connectivity index (χ4n) is 2.70. The zero-order valence-corrected chi connectivity index (χ0v) is 17.3. The molecule has 6 heteroatoms. The van der Waals surface area contributed by atoms with Crippen molar-refractivity contribution >= 4 is 23.5 Å². The maximum Gasteiger partial charge on any atom is 0.347 e. The highest BCUT2D eigenvalue weighted by Gasteiger charge is 2.17. The number of carbonyl (C=O) groups excluding carboxylic acids is 2. The number of hydrogen-bond donors (Lipinski definition) is 1. The molecule has 0 aromatic heterocycles. The molecule has 1 atom stereocenters. The Labute approximate surface area is 180 Å². The molecule has 0 fully saturated rings. The van der Waals surface area contributed by atoms with Crippen molar-refractivity contribution in [3.05, 3.63) is 101 Å². The van der Waals surface area contributed by atoms with E-state index in [0.29, 0.717) is 22.9 Å². The van der Waals surface area contributed by atoms with E-state index >= 15 is 0 Å². The molecular weight excluding hydrogens is 402 g/mol. The first kappa shape index (κ1) is 21.4. The SMILES string of the molecule is CC(Oc1ccc(C(=O)NCc2ccccc2)cc1)C(=O)OCc1ccccc1Cl. The number of nitrogens with one attached hydrogen (secondary N) is 1. The molecule has 1 amide bonds. The van der Waals surface area contributed by atoms with Gasteiger partial charge < -0.3 is 14.8 Å². The van der Waals surface area contributed by atoms with Crippen LogP contribution in [0.2, 0.25) is 5.02 Å². The average Bonchev–Trinajstić information content (AvgIpc) is 2.78. The molecule has 0 radical (unpaired) electrons. The summed E-state index contributed by atoms with van der Waals surface area (Å²) in [6.07, 6.45) is -0.801. The van der Waals surface area contributed by atoms with Crippen LogP contribution in [0, 0.1) is 0 Å². The molecule has 0 saturated heterocycles. The third-order valence-corrected chi connectivity index (χ3v) is 4.75. The Morgan fingerprint density at radius 2 is 1.60 bits per heavy atom. The Hall–Kier alpha value is -3.31. The van der Waals surface area contributed by atoms with Crippen LogP contribution in [0.3, 0.4) is 0 Å². The molecule has 0 aliphatic rings. The molecule has 3 aromatic rings. The van der Waals surface area contributed by atoms with Gasteiger partial charge in [-0.2, -0.15) is 0 Å². The van der Waals surface area contributed by atoms with E-state index in [2.05, 4.69) is 5.32 Å². The maximum absolute atomic E-state index is 12.3. The van der Waals surface area contributed by atoms with E-state index in [-0.39, 0.29) is 12.5 Å². The monoisotopic (exact) mass is 423 g/mol. The number of esters is 1. The van der Waals surface area contributed by atoms with Gasteiger partial charge in [-0.05, 0) is 42.8 Å². The first-order chi connectivity index (χ1) is 14.5. The molecule has 0 saturated carbocycles. The summed E-state index contributed by atoms with van der Waals surface area (Å²) in [6.45, 7) is 2.13. The highest BCUT2D eigenvalue weighted by molar-refractivity contribution is 6.31. The number of amides is 1. The van der Waals surface area contributed by atoms with Gasteiger partial charge >= 0.3 is 5.97 Å². The number of carbonyl (C=O) groups is 2. The topological polar surface area (TPSA) is 64.6 Å². The van der Waals surface area contributed by atoms with Crippen molar-refractivity contribution < 1.29 is 19.1 Å². The number of ether oxygens (including phenoxy) is 2. The summed E-state index contributed by atoms with van der Waals surface area (Å²) in [5, 5.41) is 3.41. The number of rotatable bonds is 8. The van der Waals surface area contributed by atoms with Crippen molar-refractivity contribution in [1.29, 1.82) is 0 Å². The van der Waals surface area contributed by atoms with Gasteiger partial charge in [0.05, 0.1) is 0 Å². The van der Waals surface area contributed by atoms with Gasteiger partial charge in [-0.15, -0.1) is 0 Å². The Kier molecular flexibility index (Phi) is 7.46. The molecule has 0 bridgehead atoms. The molecular formula is C24H22ClNO4. The molecule has 1 unspecified atom stereocenters. The van der Waals surface area contributed by atoms with E-state index in [0.717, 1.165) is 11.1 Å². The average molecular weight is 424 g/mol. The summed E-state index contributed by atoms with van der Waals surface area (Å²) in [7, 11) is 0. The first-order valence-electron chi connectivity index (χ1n) is 9.52. The highest BCUT2D eigenvalue weighted by Crippen LogP contribution is 2.17. The molecule has 30 heavy (non-hydrogen) atoms. The summed E-state index contributed by atoms with van der Waals surface area (Å²) < 4.78 is 10.9. The summed E-state index contributed by atoms with van der Waals surface area (Å²) in [5.74, 6) is -0.214. The molecule has 0 aliphatic carbocycles. The van der Waals surface area contributed by atoms with E-state index in [4.69, 9.17) is 21.1 Å². The molecule has 1 N–H and O–H groups in total. The van der Waals surface area contributed by atoms with E-state index in [1.807, 2.05) is 42.5 Å². The Morgan fingerprint density at radius 1 is 0.933 bits per heavy atom. The number of benzene rings is 3. The molecule has 3 rings (SSSR count). The predicted octanol–water partition coefficient (Wildman–Crippen LogP) is 4.78. The van der Waals surface area contributed by atoms with Crippen molar-refractivity contribution in [2.24, 2.45) is 0 Å². The molecule has 0 spiro atoms. The normalized spacial score (nSPS) is 11.4.